The molecule has 0 atom stereocenters. The third-order valence-electron chi connectivity index (χ3n) is 2.39. The Labute approximate surface area is 124 Å². The van der Waals surface area contributed by atoms with Gasteiger partial charge in [0.1, 0.15) is 0 Å². The van der Waals surface area contributed by atoms with Gasteiger partial charge < -0.3 is 10.6 Å². The van der Waals surface area contributed by atoms with E-state index in [4.69, 9.17) is 4.55 Å². The van der Waals surface area contributed by atoms with Gasteiger partial charge >= 0.3 is 0 Å². The maximum atomic E-state index is 11.5. The van der Waals surface area contributed by atoms with Crippen LogP contribution in [0, 0.1) is 0 Å². The molecule has 0 unspecified atom stereocenters. The number of carbonyl (C=O) groups is 2. The minimum absolute atomic E-state index is 0.103. The van der Waals surface area contributed by atoms with Crippen LogP contribution in [0.3, 0.4) is 0 Å². The molecule has 9 nitrogen and oxygen atoms in total. The molecule has 1 heterocycles. The molecule has 0 spiro atoms. The van der Waals surface area contributed by atoms with Crippen LogP contribution in [-0.4, -0.2) is 35.9 Å². The predicted molar refractivity (Wildman–Crippen MR) is 73.4 cm³/mol. The van der Waals surface area contributed by atoms with Gasteiger partial charge in [0.15, 0.2) is 5.11 Å². The Bertz CT molecular complexity index is 721. The Hall–Kier alpha value is -2.24. The van der Waals surface area contributed by atoms with Gasteiger partial charge in [-0.2, -0.15) is 18.6 Å². The molecule has 1 aromatic rings. The third kappa shape index (κ3) is 3.65. The minimum Gasteiger partial charge on any atom is -0.300 e. The third-order valence-corrected chi connectivity index (χ3v) is 3.47. The molecule has 2 rings (SSSR count). The van der Waals surface area contributed by atoms with Gasteiger partial charge in [-0.3, -0.25) is 14.1 Å². The average molecular weight is 328 g/mol. The van der Waals surface area contributed by atoms with E-state index >= 15 is 0 Å². The van der Waals surface area contributed by atoms with E-state index < -0.39 is 28.0 Å². The van der Waals surface area contributed by atoms with Gasteiger partial charge in [0.25, 0.3) is 21.9 Å². The van der Waals surface area contributed by atoms with Crippen LogP contribution in [0.2, 0.25) is 0 Å². The number of azo groups is 1. The summed E-state index contributed by atoms with van der Waals surface area (Å²) in [5, 5.41) is 11.6. The molecule has 1 fully saturated rings. The summed E-state index contributed by atoms with van der Waals surface area (Å²) in [7, 11) is -4.29. The highest BCUT2D eigenvalue weighted by Crippen LogP contribution is 2.17. The molecule has 2 amide bonds. The van der Waals surface area contributed by atoms with E-state index in [9.17, 15) is 18.0 Å². The lowest BCUT2D eigenvalue weighted by Crippen LogP contribution is -2.57. The first-order valence-corrected chi connectivity index (χ1v) is 7.26. The predicted octanol–water partition coefficient (Wildman–Crippen LogP) is -0.0835. The Morgan fingerprint density at radius 3 is 2.10 bits per heavy atom. The monoisotopic (exact) mass is 328 g/mol. The van der Waals surface area contributed by atoms with Crippen molar-refractivity contribution in [2.75, 3.05) is 0 Å². The molecule has 0 aliphatic carbocycles. The zero-order chi connectivity index (χ0) is 15.6. The summed E-state index contributed by atoms with van der Waals surface area (Å²) in [4.78, 5) is 22.7. The zero-order valence-corrected chi connectivity index (χ0v) is 11.8. The minimum atomic E-state index is -4.29. The lowest BCUT2D eigenvalue weighted by molar-refractivity contribution is -0.131. The summed E-state index contributed by atoms with van der Waals surface area (Å²) in [6, 6.07) is 3.36. The Morgan fingerprint density at radius 1 is 1.10 bits per heavy atom. The lowest BCUT2D eigenvalue weighted by atomic mass is 10.2. The fourth-order valence-corrected chi connectivity index (χ4v) is 2.11. The van der Waals surface area contributed by atoms with Gasteiger partial charge in [-0.1, -0.05) is 0 Å². The fraction of sp³-hybridized carbons (Fsp3) is 0.100. The summed E-state index contributed by atoms with van der Waals surface area (Å²) in [6.45, 7) is 0. The molecule has 1 saturated heterocycles. The van der Waals surface area contributed by atoms with Crippen LogP contribution in [0.15, 0.2) is 39.4 Å². The van der Waals surface area contributed by atoms with E-state index in [1.165, 1.54) is 12.1 Å². The zero-order valence-electron chi connectivity index (χ0n) is 10.2. The maximum absolute atomic E-state index is 11.5. The van der Waals surface area contributed by atoms with Gasteiger partial charge in [-0.15, -0.1) is 0 Å². The Balaban J connectivity index is 2.16. The van der Waals surface area contributed by atoms with Gasteiger partial charge in [0, 0.05) is 0 Å². The average Bonchev–Trinajstić information content (AvgIpc) is 2.37. The molecule has 1 aliphatic rings. The molecule has 0 aromatic heterocycles. The molecule has 110 valence electrons. The van der Waals surface area contributed by atoms with Crippen molar-refractivity contribution in [2.24, 2.45) is 10.2 Å². The standard InChI is InChI=1S/C10H8N4O5S2/c15-8-7(9(16)12-10(20)11-8)14-13-5-1-3-6(4-2-5)21(17,18)19/h1-4,7H,(H,17,18,19)(H2,11,12,15,16,20)/b14-13+. The number of benzene rings is 1. The molecule has 0 saturated carbocycles. The summed E-state index contributed by atoms with van der Waals surface area (Å²) in [5.41, 5.74) is 0.205. The van der Waals surface area contributed by atoms with Gasteiger partial charge in [0.2, 0.25) is 6.04 Å². The normalized spacial score (nSPS) is 16.9. The summed E-state index contributed by atoms with van der Waals surface area (Å²) >= 11 is 4.62. The van der Waals surface area contributed by atoms with Crippen molar-refractivity contribution in [3.05, 3.63) is 24.3 Å². The molecule has 1 aromatic carbocycles. The quantitative estimate of drug-likeness (QED) is 0.307. The lowest BCUT2D eigenvalue weighted by Gasteiger charge is -2.18. The van der Waals surface area contributed by atoms with Crippen LogP contribution < -0.4 is 10.6 Å². The van der Waals surface area contributed by atoms with Crippen LogP contribution in [-0.2, 0) is 19.7 Å². The number of carbonyl (C=O) groups excluding carboxylic acids is 2. The first-order chi connectivity index (χ1) is 9.77. The van der Waals surface area contributed by atoms with Crippen molar-refractivity contribution >= 4 is 45.0 Å². The second-order valence-electron chi connectivity index (χ2n) is 3.89. The van der Waals surface area contributed by atoms with Crippen molar-refractivity contribution in [3.63, 3.8) is 0 Å². The molecule has 11 heteroatoms. The van der Waals surface area contributed by atoms with E-state index in [1.54, 1.807) is 0 Å². The molecular formula is C10H8N4O5S2. The Morgan fingerprint density at radius 2 is 1.62 bits per heavy atom. The van der Waals surface area contributed by atoms with Crippen LogP contribution in [0.1, 0.15) is 0 Å². The van der Waals surface area contributed by atoms with Crippen LogP contribution in [0.25, 0.3) is 0 Å². The first kappa shape index (κ1) is 15.2. The van der Waals surface area contributed by atoms with Crippen molar-refractivity contribution in [2.45, 2.75) is 10.9 Å². The number of amides is 2. The fourth-order valence-electron chi connectivity index (χ4n) is 1.42. The molecule has 1 aliphatic heterocycles. The van der Waals surface area contributed by atoms with E-state index in [1.807, 2.05) is 0 Å². The van der Waals surface area contributed by atoms with E-state index in [2.05, 4.69) is 33.1 Å². The number of thiocarbonyl (C=S) groups is 1. The number of hydrogen-bond donors (Lipinski definition) is 3. The van der Waals surface area contributed by atoms with Crippen molar-refractivity contribution in [1.29, 1.82) is 0 Å². The van der Waals surface area contributed by atoms with Crippen molar-refractivity contribution in [1.82, 2.24) is 10.6 Å². The van der Waals surface area contributed by atoms with Crippen LogP contribution >= 0.6 is 12.2 Å². The summed E-state index contributed by atoms with van der Waals surface area (Å²) < 4.78 is 30.5. The summed E-state index contributed by atoms with van der Waals surface area (Å²) in [6.07, 6.45) is 0. The molecule has 3 N–H and O–H groups in total. The Kier molecular flexibility index (Phi) is 4.06. The highest BCUT2D eigenvalue weighted by molar-refractivity contribution is 7.85. The first-order valence-electron chi connectivity index (χ1n) is 5.41. The SMILES string of the molecule is O=C1NC(=S)NC(=O)C1/N=N/c1ccc(S(=O)(=O)O)cc1. The van der Waals surface area contributed by atoms with E-state index in [-0.39, 0.29) is 15.7 Å². The topological polar surface area (TPSA) is 137 Å². The highest BCUT2D eigenvalue weighted by atomic mass is 32.2. The molecule has 0 radical (unpaired) electrons. The smallest absolute Gasteiger partial charge is 0.294 e. The van der Waals surface area contributed by atoms with Gasteiger partial charge in [0.05, 0.1) is 10.6 Å². The largest absolute Gasteiger partial charge is 0.300 e. The molecule has 21 heavy (non-hydrogen) atoms. The highest BCUT2D eigenvalue weighted by Gasteiger charge is 2.32. The number of rotatable bonds is 3. The molecular weight excluding hydrogens is 320 g/mol. The number of hydrogen-bond acceptors (Lipinski definition) is 7. The maximum Gasteiger partial charge on any atom is 0.294 e. The molecule has 0 bridgehead atoms. The van der Waals surface area contributed by atoms with Gasteiger partial charge in [-0.25, -0.2) is 0 Å². The van der Waals surface area contributed by atoms with Crippen molar-refractivity contribution in [3.8, 4) is 0 Å². The van der Waals surface area contributed by atoms with E-state index in [0.717, 1.165) is 12.1 Å². The van der Waals surface area contributed by atoms with Gasteiger partial charge in [-0.05, 0) is 36.5 Å². The summed E-state index contributed by atoms with van der Waals surface area (Å²) in [5.74, 6) is -1.41. The number of nitrogens with one attached hydrogen (secondary N) is 2. The second kappa shape index (κ2) is 5.63. The van der Waals surface area contributed by atoms with E-state index in [0.29, 0.717) is 0 Å². The second-order valence-corrected chi connectivity index (χ2v) is 5.72. The van der Waals surface area contributed by atoms with Crippen molar-refractivity contribution < 1.29 is 22.6 Å². The number of nitrogens with zero attached hydrogens (tertiary/aromatic N) is 2. The van der Waals surface area contributed by atoms with Crippen LogP contribution in [0.5, 0.6) is 0 Å². The van der Waals surface area contributed by atoms with Crippen LogP contribution in [0.4, 0.5) is 5.69 Å².